The molecule has 0 saturated heterocycles. The Morgan fingerprint density at radius 3 is 2.94 bits per heavy atom. The van der Waals surface area contributed by atoms with Gasteiger partial charge < -0.3 is 15.2 Å². The highest BCUT2D eigenvalue weighted by atomic mass is 32.1. The first-order chi connectivity index (χ1) is 8.69. The quantitative estimate of drug-likeness (QED) is 0.817. The second-order valence-corrected chi connectivity index (χ2v) is 4.33. The van der Waals surface area contributed by atoms with Gasteiger partial charge in [0.1, 0.15) is 0 Å². The summed E-state index contributed by atoms with van der Waals surface area (Å²) in [5, 5.41) is 17.8. The lowest BCUT2D eigenvalue weighted by molar-refractivity contribution is 0.0948. The van der Waals surface area contributed by atoms with Crippen molar-refractivity contribution in [3.05, 3.63) is 16.7 Å². The van der Waals surface area contributed by atoms with E-state index in [0.29, 0.717) is 21.9 Å². The fourth-order valence-corrected chi connectivity index (χ4v) is 1.91. The minimum Gasteiger partial charge on any atom is -0.360 e. The van der Waals surface area contributed by atoms with Gasteiger partial charge in [-0.1, -0.05) is 16.5 Å². The molecule has 0 unspecified atom stereocenters. The van der Waals surface area contributed by atoms with Crippen LogP contribution in [-0.2, 0) is 6.54 Å². The summed E-state index contributed by atoms with van der Waals surface area (Å²) >= 11 is 1.20. The predicted octanol–water partition coefficient (Wildman–Crippen LogP) is 0.591. The molecule has 0 atom stereocenters. The van der Waals surface area contributed by atoms with Gasteiger partial charge >= 0.3 is 0 Å². The van der Waals surface area contributed by atoms with Crippen molar-refractivity contribution in [2.24, 2.45) is 0 Å². The van der Waals surface area contributed by atoms with Crippen molar-refractivity contribution in [2.75, 3.05) is 11.9 Å². The lowest BCUT2D eigenvalue weighted by atomic mass is 10.5. The van der Waals surface area contributed by atoms with Crippen LogP contribution < -0.4 is 10.6 Å². The van der Waals surface area contributed by atoms with Gasteiger partial charge in [-0.3, -0.25) is 4.79 Å². The number of aromatic nitrogens is 4. The standard InChI is InChI=1S/C9H12N6O2S/c1-3-10-9-14-13-8(18-9)7(16)11-4-6-12-5(2)17-15-6/h3-4H2,1-2H3,(H,10,14)(H,11,16). The highest BCUT2D eigenvalue weighted by molar-refractivity contribution is 7.17. The van der Waals surface area contributed by atoms with E-state index in [1.54, 1.807) is 6.92 Å². The number of anilines is 1. The van der Waals surface area contributed by atoms with E-state index in [2.05, 4.69) is 31.0 Å². The van der Waals surface area contributed by atoms with Gasteiger partial charge in [-0.05, 0) is 6.92 Å². The first kappa shape index (κ1) is 12.4. The van der Waals surface area contributed by atoms with Gasteiger partial charge in [-0.2, -0.15) is 4.98 Å². The SMILES string of the molecule is CCNc1nnc(C(=O)NCc2noc(C)n2)s1. The molecular weight excluding hydrogens is 256 g/mol. The first-order valence-electron chi connectivity index (χ1n) is 5.33. The van der Waals surface area contributed by atoms with Crippen molar-refractivity contribution in [2.45, 2.75) is 20.4 Å². The molecule has 0 bridgehead atoms. The molecule has 0 radical (unpaired) electrons. The fraction of sp³-hybridized carbons (Fsp3) is 0.444. The minimum atomic E-state index is -0.306. The topological polar surface area (TPSA) is 106 Å². The molecule has 2 aromatic rings. The number of amides is 1. The predicted molar refractivity (Wildman–Crippen MR) is 64.3 cm³/mol. The van der Waals surface area contributed by atoms with Crippen LogP contribution in [-0.4, -0.2) is 32.8 Å². The average Bonchev–Trinajstić information content (AvgIpc) is 2.96. The van der Waals surface area contributed by atoms with Gasteiger partial charge in [0, 0.05) is 13.5 Å². The Labute approximate surface area is 107 Å². The molecular formula is C9H12N6O2S. The van der Waals surface area contributed by atoms with Crippen LogP contribution in [0.3, 0.4) is 0 Å². The van der Waals surface area contributed by atoms with E-state index in [1.807, 2.05) is 6.92 Å². The molecule has 0 aliphatic carbocycles. The largest absolute Gasteiger partial charge is 0.360 e. The van der Waals surface area contributed by atoms with Crippen LogP contribution in [0.1, 0.15) is 28.4 Å². The van der Waals surface area contributed by atoms with Crippen LogP contribution in [0.2, 0.25) is 0 Å². The molecule has 2 heterocycles. The highest BCUT2D eigenvalue weighted by Gasteiger charge is 2.13. The Balaban J connectivity index is 1.90. The van der Waals surface area contributed by atoms with Gasteiger partial charge in [0.15, 0.2) is 5.82 Å². The molecule has 0 saturated carbocycles. The molecule has 18 heavy (non-hydrogen) atoms. The molecule has 9 heteroatoms. The number of carbonyl (C=O) groups excluding carboxylic acids is 1. The first-order valence-corrected chi connectivity index (χ1v) is 6.15. The number of carbonyl (C=O) groups is 1. The lowest BCUT2D eigenvalue weighted by Gasteiger charge is -1.97. The van der Waals surface area contributed by atoms with E-state index in [-0.39, 0.29) is 12.5 Å². The molecule has 0 aliphatic rings. The summed E-state index contributed by atoms with van der Waals surface area (Å²) in [5.74, 6) is 0.584. The van der Waals surface area contributed by atoms with E-state index >= 15 is 0 Å². The van der Waals surface area contributed by atoms with E-state index in [4.69, 9.17) is 4.52 Å². The third-order valence-corrected chi connectivity index (χ3v) is 2.80. The summed E-state index contributed by atoms with van der Waals surface area (Å²) in [6.07, 6.45) is 0. The van der Waals surface area contributed by atoms with Crippen molar-refractivity contribution in [3.8, 4) is 0 Å². The van der Waals surface area contributed by atoms with Crippen LogP contribution >= 0.6 is 11.3 Å². The molecule has 1 amide bonds. The van der Waals surface area contributed by atoms with Gasteiger partial charge in [0.05, 0.1) is 6.54 Å². The van der Waals surface area contributed by atoms with E-state index in [1.165, 1.54) is 11.3 Å². The lowest BCUT2D eigenvalue weighted by Crippen LogP contribution is -2.23. The van der Waals surface area contributed by atoms with Crippen molar-refractivity contribution in [1.29, 1.82) is 0 Å². The third-order valence-electron chi connectivity index (χ3n) is 1.92. The summed E-state index contributed by atoms with van der Waals surface area (Å²) in [7, 11) is 0. The number of hydrogen-bond acceptors (Lipinski definition) is 8. The zero-order chi connectivity index (χ0) is 13.0. The average molecular weight is 268 g/mol. The molecule has 2 aromatic heterocycles. The second kappa shape index (κ2) is 5.54. The molecule has 8 nitrogen and oxygen atoms in total. The number of nitrogens with zero attached hydrogens (tertiary/aromatic N) is 4. The van der Waals surface area contributed by atoms with E-state index < -0.39 is 0 Å². The maximum atomic E-state index is 11.7. The Kier molecular flexibility index (Phi) is 3.82. The summed E-state index contributed by atoms with van der Waals surface area (Å²) < 4.78 is 4.79. The fourth-order valence-electron chi connectivity index (χ4n) is 1.19. The summed E-state index contributed by atoms with van der Waals surface area (Å²) in [5.41, 5.74) is 0. The highest BCUT2D eigenvalue weighted by Crippen LogP contribution is 2.14. The number of hydrogen-bond donors (Lipinski definition) is 2. The van der Waals surface area contributed by atoms with E-state index in [0.717, 1.165) is 6.54 Å². The van der Waals surface area contributed by atoms with Crippen molar-refractivity contribution >= 4 is 22.4 Å². The van der Waals surface area contributed by atoms with Gasteiger partial charge in [-0.25, -0.2) is 0 Å². The van der Waals surface area contributed by atoms with Gasteiger partial charge in [0.25, 0.3) is 5.91 Å². The Morgan fingerprint density at radius 1 is 1.44 bits per heavy atom. The molecule has 96 valence electrons. The van der Waals surface area contributed by atoms with Crippen LogP contribution in [0.25, 0.3) is 0 Å². The van der Waals surface area contributed by atoms with Crippen molar-refractivity contribution in [1.82, 2.24) is 25.7 Å². The third kappa shape index (κ3) is 3.00. The second-order valence-electron chi connectivity index (χ2n) is 3.35. The molecule has 0 spiro atoms. The Morgan fingerprint density at radius 2 is 2.28 bits per heavy atom. The minimum absolute atomic E-state index is 0.201. The Bertz CT molecular complexity index is 537. The number of nitrogens with one attached hydrogen (secondary N) is 2. The maximum Gasteiger partial charge on any atom is 0.282 e. The van der Waals surface area contributed by atoms with Crippen LogP contribution in [0.15, 0.2) is 4.52 Å². The van der Waals surface area contributed by atoms with Crippen molar-refractivity contribution in [3.63, 3.8) is 0 Å². The molecule has 2 rings (SSSR count). The van der Waals surface area contributed by atoms with Gasteiger partial charge in [-0.15, -0.1) is 10.2 Å². The molecule has 0 fully saturated rings. The molecule has 0 aliphatic heterocycles. The van der Waals surface area contributed by atoms with Crippen molar-refractivity contribution < 1.29 is 9.32 Å². The number of aryl methyl sites for hydroxylation is 1. The zero-order valence-electron chi connectivity index (χ0n) is 9.93. The number of rotatable bonds is 5. The maximum absolute atomic E-state index is 11.7. The normalized spacial score (nSPS) is 10.3. The van der Waals surface area contributed by atoms with Crippen LogP contribution in [0.4, 0.5) is 5.13 Å². The summed E-state index contributed by atoms with van der Waals surface area (Å²) in [4.78, 5) is 15.7. The molecule has 2 N–H and O–H groups in total. The Hall–Kier alpha value is -2.03. The summed E-state index contributed by atoms with van der Waals surface area (Å²) in [6, 6.07) is 0. The van der Waals surface area contributed by atoms with Gasteiger partial charge in [0.2, 0.25) is 16.0 Å². The monoisotopic (exact) mass is 268 g/mol. The van der Waals surface area contributed by atoms with E-state index in [9.17, 15) is 4.79 Å². The molecule has 0 aromatic carbocycles. The summed E-state index contributed by atoms with van der Waals surface area (Å²) in [6.45, 7) is 4.57. The smallest absolute Gasteiger partial charge is 0.282 e. The van der Waals surface area contributed by atoms with Crippen LogP contribution in [0, 0.1) is 6.92 Å². The zero-order valence-corrected chi connectivity index (χ0v) is 10.7. The van der Waals surface area contributed by atoms with Crippen LogP contribution in [0.5, 0.6) is 0 Å².